The number of aromatic amines is 1. The van der Waals surface area contributed by atoms with Crippen LogP contribution in [0.1, 0.15) is 41.5 Å². The van der Waals surface area contributed by atoms with Crippen molar-refractivity contribution < 1.29 is 13.9 Å². The third-order valence-electron chi connectivity index (χ3n) is 6.39. The number of amides is 1. The van der Waals surface area contributed by atoms with E-state index in [1.54, 1.807) is 11.0 Å². The largest absolute Gasteiger partial charge is 0.494 e. The lowest BCUT2D eigenvalue weighted by Crippen LogP contribution is -2.44. The number of imidazole rings is 1. The number of ether oxygens (including phenoxy) is 1. The number of benzene rings is 2. The lowest BCUT2D eigenvalue weighted by Gasteiger charge is -2.34. The summed E-state index contributed by atoms with van der Waals surface area (Å²) in [6.45, 7) is 4.30. The van der Waals surface area contributed by atoms with Gasteiger partial charge in [-0.15, -0.1) is 0 Å². The van der Waals surface area contributed by atoms with Crippen LogP contribution in [0, 0.1) is 12.7 Å². The van der Waals surface area contributed by atoms with Gasteiger partial charge in [0, 0.05) is 11.6 Å². The molecular formula is C23H22ClFN6O2. The summed E-state index contributed by atoms with van der Waals surface area (Å²) in [5, 5.41) is 8.81. The molecule has 33 heavy (non-hydrogen) atoms. The van der Waals surface area contributed by atoms with Gasteiger partial charge in [-0.3, -0.25) is 4.79 Å². The number of fused-ring (bicyclic) bond motifs is 1. The van der Waals surface area contributed by atoms with Crippen LogP contribution in [0.4, 0.5) is 4.39 Å². The minimum Gasteiger partial charge on any atom is -0.494 e. The molecule has 5 rings (SSSR count). The smallest absolute Gasteiger partial charge is 0.260 e. The van der Waals surface area contributed by atoms with Gasteiger partial charge in [0.2, 0.25) is 0 Å². The Labute approximate surface area is 194 Å². The number of likely N-dealkylation sites (tertiary alicyclic amines) is 1. The van der Waals surface area contributed by atoms with Gasteiger partial charge in [-0.1, -0.05) is 11.6 Å². The van der Waals surface area contributed by atoms with Gasteiger partial charge in [-0.25, -0.2) is 9.37 Å². The number of hydrogen-bond donors (Lipinski definition) is 1. The first-order valence-electron chi connectivity index (χ1n) is 10.6. The van der Waals surface area contributed by atoms with Crippen molar-refractivity contribution in [3.8, 4) is 11.4 Å². The van der Waals surface area contributed by atoms with Crippen LogP contribution < -0.4 is 4.74 Å². The summed E-state index contributed by atoms with van der Waals surface area (Å²) in [7, 11) is 1.36. The molecule has 8 nitrogen and oxygen atoms in total. The van der Waals surface area contributed by atoms with Crippen molar-refractivity contribution in [2.75, 3.05) is 13.7 Å². The van der Waals surface area contributed by atoms with Crippen molar-refractivity contribution in [2.24, 2.45) is 0 Å². The molecule has 0 unspecified atom stereocenters. The van der Waals surface area contributed by atoms with E-state index in [9.17, 15) is 4.79 Å². The van der Waals surface area contributed by atoms with Gasteiger partial charge < -0.3 is 14.6 Å². The summed E-state index contributed by atoms with van der Waals surface area (Å²) in [6, 6.07) is 6.72. The Hall–Kier alpha value is -3.46. The van der Waals surface area contributed by atoms with Crippen LogP contribution in [0.5, 0.6) is 5.75 Å². The minimum absolute atomic E-state index is 0.0239. The van der Waals surface area contributed by atoms with Crippen LogP contribution in [0.3, 0.4) is 0 Å². The number of hydrogen-bond acceptors (Lipinski definition) is 5. The van der Waals surface area contributed by atoms with E-state index in [1.165, 1.54) is 30.4 Å². The molecule has 0 bridgehead atoms. The highest BCUT2D eigenvalue weighted by Gasteiger charge is 2.45. The average molecular weight is 469 g/mol. The Morgan fingerprint density at radius 1 is 1.24 bits per heavy atom. The maximum absolute atomic E-state index is 15.5. The summed E-state index contributed by atoms with van der Waals surface area (Å²) >= 11 is 6.28. The van der Waals surface area contributed by atoms with E-state index in [1.807, 2.05) is 26.0 Å². The van der Waals surface area contributed by atoms with Gasteiger partial charge in [0.1, 0.15) is 17.1 Å². The number of H-pyrrole nitrogens is 1. The van der Waals surface area contributed by atoms with Crippen LogP contribution >= 0.6 is 11.6 Å². The molecule has 0 radical (unpaired) electrons. The molecule has 2 aromatic heterocycles. The third kappa shape index (κ3) is 3.26. The second kappa shape index (κ2) is 7.84. The third-order valence-corrected chi connectivity index (χ3v) is 6.80. The number of aromatic nitrogens is 5. The highest BCUT2D eigenvalue weighted by Crippen LogP contribution is 2.41. The summed E-state index contributed by atoms with van der Waals surface area (Å²) in [6.07, 6.45) is 4.36. The molecule has 0 spiro atoms. The van der Waals surface area contributed by atoms with E-state index in [4.69, 9.17) is 21.3 Å². The number of carbonyl (C=O) groups excluding carboxylic acids is 1. The summed E-state index contributed by atoms with van der Waals surface area (Å²) in [5.74, 6) is -0.618. The van der Waals surface area contributed by atoms with E-state index in [0.29, 0.717) is 23.8 Å². The Morgan fingerprint density at radius 3 is 2.73 bits per heavy atom. The fourth-order valence-corrected chi connectivity index (χ4v) is 4.68. The lowest BCUT2D eigenvalue weighted by molar-refractivity contribution is 0.0600. The van der Waals surface area contributed by atoms with Gasteiger partial charge in [0.05, 0.1) is 36.1 Å². The van der Waals surface area contributed by atoms with Crippen LogP contribution in [0.2, 0.25) is 5.02 Å². The highest BCUT2D eigenvalue weighted by atomic mass is 35.5. The predicted molar refractivity (Wildman–Crippen MR) is 121 cm³/mol. The molecule has 1 aliphatic heterocycles. The second-order valence-corrected chi connectivity index (χ2v) is 8.69. The highest BCUT2D eigenvalue weighted by molar-refractivity contribution is 6.32. The van der Waals surface area contributed by atoms with Crippen LogP contribution in [0.25, 0.3) is 16.7 Å². The normalized spacial score (nSPS) is 18.3. The molecule has 1 aliphatic rings. The fourth-order valence-electron chi connectivity index (χ4n) is 4.53. The number of nitrogens with one attached hydrogen (secondary N) is 1. The molecule has 0 aliphatic carbocycles. The van der Waals surface area contributed by atoms with Gasteiger partial charge >= 0.3 is 0 Å². The van der Waals surface area contributed by atoms with E-state index in [0.717, 1.165) is 23.0 Å². The van der Waals surface area contributed by atoms with Crippen molar-refractivity contribution in [2.45, 2.75) is 32.2 Å². The molecular weight excluding hydrogens is 447 g/mol. The second-order valence-electron chi connectivity index (χ2n) is 8.28. The van der Waals surface area contributed by atoms with Crippen molar-refractivity contribution in [3.05, 3.63) is 64.5 Å². The zero-order valence-electron chi connectivity index (χ0n) is 18.4. The van der Waals surface area contributed by atoms with Gasteiger partial charge in [0.15, 0.2) is 11.6 Å². The zero-order valence-corrected chi connectivity index (χ0v) is 19.1. The number of carbonyl (C=O) groups is 1. The first kappa shape index (κ1) is 21.4. The average Bonchev–Trinajstić information content (AvgIpc) is 3.56. The molecule has 170 valence electrons. The first-order valence-corrected chi connectivity index (χ1v) is 10.9. The van der Waals surface area contributed by atoms with Gasteiger partial charge in [0.25, 0.3) is 5.91 Å². The van der Waals surface area contributed by atoms with E-state index < -0.39 is 17.3 Å². The van der Waals surface area contributed by atoms with Gasteiger partial charge in [-0.05, 0) is 56.5 Å². The molecule has 1 fully saturated rings. The zero-order chi connectivity index (χ0) is 23.3. The molecule has 1 saturated heterocycles. The lowest BCUT2D eigenvalue weighted by atomic mass is 9.96. The van der Waals surface area contributed by atoms with Crippen LogP contribution in [-0.4, -0.2) is 49.4 Å². The topological polar surface area (TPSA) is 88.9 Å². The molecule has 4 aromatic rings. The Kier molecular flexibility index (Phi) is 5.08. The number of nitrogens with zero attached hydrogens (tertiary/aromatic N) is 5. The molecule has 1 atom stereocenters. The summed E-state index contributed by atoms with van der Waals surface area (Å²) in [4.78, 5) is 24.9. The molecule has 2 aromatic carbocycles. The number of methoxy groups -OCH3 is 1. The van der Waals surface area contributed by atoms with E-state index >= 15 is 4.39 Å². The maximum atomic E-state index is 15.5. The van der Waals surface area contributed by atoms with Crippen molar-refractivity contribution in [1.82, 2.24) is 29.9 Å². The SMILES string of the molecule is COc1ccc(-n2nccn2)c(C(=O)N2CCC[C@@]2(C)c2nc3c(C)c(Cl)ccc3[nH]2)c1F. The number of halogens is 2. The predicted octanol–water partition coefficient (Wildman–Crippen LogP) is 4.40. The number of aryl methyl sites for hydroxylation is 1. The summed E-state index contributed by atoms with van der Waals surface area (Å²) < 4.78 is 20.6. The maximum Gasteiger partial charge on any atom is 0.260 e. The molecule has 1 N–H and O–H groups in total. The Morgan fingerprint density at radius 2 is 2.00 bits per heavy atom. The Balaban J connectivity index is 1.63. The molecule has 3 heterocycles. The van der Waals surface area contributed by atoms with E-state index in [-0.39, 0.29) is 17.0 Å². The van der Waals surface area contributed by atoms with Crippen molar-refractivity contribution >= 4 is 28.5 Å². The fraction of sp³-hybridized carbons (Fsp3) is 0.304. The number of rotatable bonds is 4. The van der Waals surface area contributed by atoms with Crippen LogP contribution in [0.15, 0.2) is 36.7 Å². The van der Waals surface area contributed by atoms with Crippen LogP contribution in [-0.2, 0) is 5.54 Å². The molecule has 1 amide bonds. The molecule has 0 saturated carbocycles. The van der Waals surface area contributed by atoms with Gasteiger partial charge in [-0.2, -0.15) is 15.0 Å². The van der Waals surface area contributed by atoms with E-state index in [2.05, 4.69) is 15.2 Å². The summed E-state index contributed by atoms with van der Waals surface area (Å²) in [5.41, 5.74) is 1.79. The minimum atomic E-state index is -0.765. The van der Waals surface area contributed by atoms with Crippen molar-refractivity contribution in [3.63, 3.8) is 0 Å². The Bertz CT molecular complexity index is 1370. The quantitative estimate of drug-likeness (QED) is 0.479. The standard InChI is InChI=1S/C23H22ClFN6O2/c1-13-14(24)5-6-15-20(13)29-22(28-15)23(2)9-4-12-30(23)21(32)18-16(31-26-10-11-27-31)7-8-17(33-3)19(18)25/h5-8,10-11H,4,9,12H2,1-3H3,(H,28,29)/t23-/m0/s1. The van der Waals surface area contributed by atoms with Crippen molar-refractivity contribution in [1.29, 1.82) is 0 Å². The first-order chi connectivity index (χ1) is 15.8. The monoisotopic (exact) mass is 468 g/mol. The molecule has 10 heteroatoms.